The lowest BCUT2D eigenvalue weighted by Crippen LogP contribution is -2.25. The van der Waals surface area contributed by atoms with E-state index in [1.807, 2.05) is 40.2 Å². The minimum Gasteiger partial charge on any atom is -0.368 e. The summed E-state index contributed by atoms with van der Waals surface area (Å²) < 4.78 is 0. The first-order valence-electron chi connectivity index (χ1n) is 7.11. The molecule has 6 nitrogen and oxygen atoms in total. The van der Waals surface area contributed by atoms with Crippen LogP contribution in [0.15, 0.2) is 18.2 Å². The van der Waals surface area contributed by atoms with E-state index in [1.54, 1.807) is 11.0 Å². The van der Waals surface area contributed by atoms with E-state index in [0.29, 0.717) is 28.4 Å². The van der Waals surface area contributed by atoms with Gasteiger partial charge in [-0.05, 0) is 25.6 Å². The number of nitrogen functional groups attached to an aromatic ring is 1. The van der Waals surface area contributed by atoms with Gasteiger partial charge in [-0.1, -0.05) is 35.3 Å². The highest BCUT2D eigenvalue weighted by molar-refractivity contribution is 6.42. The lowest BCUT2D eigenvalue weighted by atomic mass is 10.2. The molecule has 0 fully saturated rings. The van der Waals surface area contributed by atoms with Gasteiger partial charge in [0.05, 0.1) is 16.1 Å². The lowest BCUT2D eigenvalue weighted by molar-refractivity contribution is 0.243. The first kappa shape index (κ1) is 17.7. The van der Waals surface area contributed by atoms with Crippen LogP contribution in [0.5, 0.6) is 0 Å². The molecule has 0 aliphatic rings. The quantitative estimate of drug-likeness (QED) is 0.889. The normalized spacial score (nSPS) is 12.5. The summed E-state index contributed by atoms with van der Waals surface area (Å²) in [7, 11) is 5.69. The Morgan fingerprint density at radius 2 is 1.83 bits per heavy atom. The summed E-state index contributed by atoms with van der Waals surface area (Å²) in [5, 5.41) is 1.11. The third kappa shape index (κ3) is 4.22. The highest BCUT2D eigenvalue weighted by atomic mass is 35.5. The second-order valence-electron chi connectivity index (χ2n) is 5.55. The number of nitrogens with two attached hydrogens (primary N) is 1. The zero-order chi connectivity index (χ0) is 17.1. The molecule has 0 amide bonds. The Hall–Kier alpha value is -1.63. The van der Waals surface area contributed by atoms with Crippen LogP contribution in [0.3, 0.4) is 0 Å². The third-order valence-corrected chi connectivity index (χ3v) is 4.40. The predicted octanol–water partition coefficient (Wildman–Crippen LogP) is 3.02. The van der Waals surface area contributed by atoms with E-state index < -0.39 is 0 Å². The van der Waals surface area contributed by atoms with Gasteiger partial charge in [-0.15, -0.1) is 0 Å². The molecule has 2 aromatic rings. The molecule has 0 spiro atoms. The molecule has 23 heavy (non-hydrogen) atoms. The average molecular weight is 355 g/mol. The summed E-state index contributed by atoms with van der Waals surface area (Å²) in [5.41, 5.74) is 6.73. The van der Waals surface area contributed by atoms with Crippen molar-refractivity contribution in [1.82, 2.24) is 19.9 Å². The highest BCUT2D eigenvalue weighted by Crippen LogP contribution is 2.28. The summed E-state index contributed by atoms with van der Waals surface area (Å²) in [4.78, 5) is 16.7. The molecule has 124 valence electrons. The number of benzene rings is 1. The Kier molecular flexibility index (Phi) is 5.62. The Morgan fingerprint density at radius 1 is 1.13 bits per heavy atom. The Balaban J connectivity index is 2.22. The van der Waals surface area contributed by atoms with Crippen molar-refractivity contribution in [2.75, 3.05) is 31.8 Å². The smallest absolute Gasteiger partial charge is 0.229 e. The largest absolute Gasteiger partial charge is 0.368 e. The van der Waals surface area contributed by atoms with E-state index in [-0.39, 0.29) is 12.0 Å². The lowest BCUT2D eigenvalue weighted by Gasteiger charge is -2.25. The molecule has 8 heteroatoms. The van der Waals surface area contributed by atoms with Crippen molar-refractivity contribution in [2.45, 2.75) is 19.5 Å². The summed E-state index contributed by atoms with van der Waals surface area (Å²) in [6.45, 7) is 2.62. The van der Waals surface area contributed by atoms with E-state index >= 15 is 0 Å². The molecule has 0 radical (unpaired) electrons. The van der Waals surface area contributed by atoms with Gasteiger partial charge in [0.1, 0.15) is 0 Å². The number of hydrogen-bond acceptors (Lipinski definition) is 6. The van der Waals surface area contributed by atoms with E-state index in [4.69, 9.17) is 28.9 Å². The van der Waals surface area contributed by atoms with Crippen molar-refractivity contribution < 1.29 is 0 Å². The first-order chi connectivity index (χ1) is 10.8. The molecule has 0 aliphatic heterocycles. The fourth-order valence-electron chi connectivity index (χ4n) is 2.06. The first-order valence-corrected chi connectivity index (χ1v) is 7.87. The van der Waals surface area contributed by atoms with Gasteiger partial charge in [-0.3, -0.25) is 4.90 Å². The maximum absolute atomic E-state index is 6.25. The topological polar surface area (TPSA) is 71.2 Å². The SMILES string of the molecule is C[C@@H](c1nc(N)nc(N(C)C)n1)N(C)Cc1cccc(Cl)c1Cl. The number of halogens is 2. The monoisotopic (exact) mass is 354 g/mol. The fourth-order valence-corrected chi connectivity index (χ4v) is 2.44. The minimum absolute atomic E-state index is 0.0611. The molecule has 0 aliphatic carbocycles. The van der Waals surface area contributed by atoms with Crippen LogP contribution < -0.4 is 10.6 Å². The van der Waals surface area contributed by atoms with Gasteiger partial charge < -0.3 is 10.6 Å². The zero-order valence-corrected chi connectivity index (χ0v) is 15.1. The molecule has 2 rings (SSSR count). The number of rotatable bonds is 5. The molecule has 0 unspecified atom stereocenters. The van der Waals surface area contributed by atoms with Crippen LogP contribution in [0.1, 0.15) is 24.4 Å². The van der Waals surface area contributed by atoms with Gasteiger partial charge in [0.25, 0.3) is 0 Å². The second-order valence-corrected chi connectivity index (χ2v) is 6.34. The van der Waals surface area contributed by atoms with Crippen molar-refractivity contribution in [3.8, 4) is 0 Å². The van der Waals surface area contributed by atoms with Crippen molar-refractivity contribution in [3.05, 3.63) is 39.6 Å². The molecule has 2 N–H and O–H groups in total. The van der Waals surface area contributed by atoms with Crippen LogP contribution in [-0.2, 0) is 6.54 Å². The molecular weight excluding hydrogens is 335 g/mol. The van der Waals surface area contributed by atoms with Gasteiger partial charge in [0.2, 0.25) is 11.9 Å². The number of nitrogens with zero attached hydrogens (tertiary/aromatic N) is 5. The maximum atomic E-state index is 6.25. The van der Waals surface area contributed by atoms with Gasteiger partial charge in [-0.2, -0.15) is 15.0 Å². The number of hydrogen-bond donors (Lipinski definition) is 1. The van der Waals surface area contributed by atoms with Crippen LogP contribution >= 0.6 is 23.2 Å². The van der Waals surface area contributed by atoms with Gasteiger partial charge >= 0.3 is 0 Å². The number of anilines is 2. The summed E-state index contributed by atoms with van der Waals surface area (Å²) >= 11 is 12.3. The van der Waals surface area contributed by atoms with Crippen molar-refractivity contribution in [1.29, 1.82) is 0 Å². The summed E-state index contributed by atoms with van der Waals surface area (Å²) in [6, 6.07) is 5.54. The van der Waals surface area contributed by atoms with Crippen LogP contribution in [0, 0.1) is 0 Å². The molecule has 0 saturated heterocycles. The molecule has 1 aromatic carbocycles. The van der Waals surface area contributed by atoms with Crippen LogP contribution in [0.4, 0.5) is 11.9 Å². The third-order valence-electron chi connectivity index (χ3n) is 3.54. The Bertz CT molecular complexity index is 692. The molecular formula is C15H20Cl2N6. The van der Waals surface area contributed by atoms with E-state index in [0.717, 1.165) is 5.56 Å². The second kappa shape index (κ2) is 7.29. The van der Waals surface area contributed by atoms with E-state index in [9.17, 15) is 0 Å². The standard InChI is InChI=1S/C15H20Cl2N6/c1-9(13-19-14(18)21-15(20-13)22(2)3)23(4)8-10-6-5-7-11(16)12(10)17/h5-7,9H,8H2,1-4H3,(H2,18,19,20,21)/t9-/m0/s1. The Morgan fingerprint density at radius 3 is 2.48 bits per heavy atom. The summed E-state index contributed by atoms with van der Waals surface area (Å²) in [6.07, 6.45) is 0. The summed E-state index contributed by atoms with van der Waals surface area (Å²) in [5.74, 6) is 1.36. The Labute approximate surface area is 146 Å². The molecule has 1 heterocycles. The fraction of sp³-hybridized carbons (Fsp3) is 0.400. The van der Waals surface area contributed by atoms with Crippen molar-refractivity contribution in [2.24, 2.45) is 0 Å². The molecule has 0 bridgehead atoms. The molecule has 1 aromatic heterocycles. The van der Waals surface area contributed by atoms with Gasteiger partial charge in [-0.25, -0.2) is 0 Å². The van der Waals surface area contributed by atoms with Crippen LogP contribution in [0.25, 0.3) is 0 Å². The van der Waals surface area contributed by atoms with Crippen molar-refractivity contribution in [3.63, 3.8) is 0 Å². The number of aromatic nitrogens is 3. The highest BCUT2D eigenvalue weighted by Gasteiger charge is 2.18. The predicted molar refractivity (Wildman–Crippen MR) is 94.9 cm³/mol. The zero-order valence-electron chi connectivity index (χ0n) is 13.6. The van der Waals surface area contributed by atoms with Gasteiger partial charge in [0, 0.05) is 20.6 Å². The molecule has 1 atom stereocenters. The van der Waals surface area contributed by atoms with E-state index in [2.05, 4.69) is 19.9 Å². The minimum atomic E-state index is -0.0611. The molecule has 0 saturated carbocycles. The van der Waals surface area contributed by atoms with Crippen LogP contribution in [0.2, 0.25) is 10.0 Å². The van der Waals surface area contributed by atoms with Crippen LogP contribution in [-0.4, -0.2) is 41.0 Å². The maximum Gasteiger partial charge on any atom is 0.229 e. The average Bonchev–Trinajstić information content (AvgIpc) is 2.50. The van der Waals surface area contributed by atoms with Crippen molar-refractivity contribution >= 4 is 35.1 Å². The van der Waals surface area contributed by atoms with Gasteiger partial charge in [0.15, 0.2) is 5.82 Å². The van der Waals surface area contributed by atoms with E-state index in [1.165, 1.54) is 0 Å².